The third kappa shape index (κ3) is 2.44. The predicted molar refractivity (Wildman–Crippen MR) is 60.4 cm³/mol. The smallest absolute Gasteiger partial charge is 0.123 e. The number of H-pyrrole nitrogens is 1. The van der Waals surface area contributed by atoms with Crippen LogP contribution in [0.2, 0.25) is 0 Å². The molecule has 1 atom stereocenters. The van der Waals surface area contributed by atoms with Crippen molar-refractivity contribution in [3.05, 3.63) is 53.6 Å². The van der Waals surface area contributed by atoms with Gasteiger partial charge < -0.3 is 10.7 Å². The molecule has 0 saturated carbocycles. The summed E-state index contributed by atoms with van der Waals surface area (Å²) in [7, 11) is 0. The molecule has 1 aromatic carbocycles. The Balaban J connectivity index is 2.07. The van der Waals surface area contributed by atoms with Crippen LogP contribution in [0.5, 0.6) is 0 Å². The van der Waals surface area contributed by atoms with Crippen LogP contribution < -0.4 is 5.73 Å². The number of aryl methyl sites for hydroxylation is 1. The molecule has 0 fully saturated rings. The standard InChI is InChI=1S/C12H15N3/c1-9-8-14-12(15-9)11(13)7-10-5-3-2-4-6-10/h2-6,8,11H,7,13H2,1H3,(H,14,15)/t11-/m1/s1. The van der Waals surface area contributed by atoms with E-state index in [1.54, 1.807) is 6.20 Å². The number of rotatable bonds is 3. The van der Waals surface area contributed by atoms with Crippen molar-refractivity contribution >= 4 is 0 Å². The molecule has 0 spiro atoms. The van der Waals surface area contributed by atoms with E-state index >= 15 is 0 Å². The molecule has 1 heterocycles. The van der Waals surface area contributed by atoms with Crippen molar-refractivity contribution in [1.29, 1.82) is 0 Å². The van der Waals surface area contributed by atoms with Gasteiger partial charge >= 0.3 is 0 Å². The Morgan fingerprint density at radius 2 is 2.07 bits per heavy atom. The lowest BCUT2D eigenvalue weighted by atomic mass is 10.1. The van der Waals surface area contributed by atoms with Crippen LogP contribution in [0.1, 0.15) is 23.1 Å². The van der Waals surface area contributed by atoms with Gasteiger partial charge in [-0.15, -0.1) is 0 Å². The van der Waals surface area contributed by atoms with Crippen LogP contribution in [0.3, 0.4) is 0 Å². The highest BCUT2D eigenvalue weighted by atomic mass is 14.9. The molecule has 0 unspecified atom stereocenters. The zero-order valence-electron chi connectivity index (χ0n) is 8.77. The van der Waals surface area contributed by atoms with E-state index in [2.05, 4.69) is 22.1 Å². The molecule has 3 N–H and O–H groups in total. The fourth-order valence-corrected chi connectivity index (χ4v) is 1.59. The zero-order chi connectivity index (χ0) is 10.7. The molecule has 0 aliphatic carbocycles. The van der Waals surface area contributed by atoms with Crippen LogP contribution in [0, 0.1) is 6.92 Å². The van der Waals surface area contributed by atoms with Gasteiger partial charge in [0.1, 0.15) is 5.82 Å². The van der Waals surface area contributed by atoms with Crippen molar-refractivity contribution in [3.8, 4) is 0 Å². The number of imidazole rings is 1. The normalized spacial score (nSPS) is 12.7. The van der Waals surface area contributed by atoms with Gasteiger partial charge in [0.05, 0.1) is 6.04 Å². The Kier molecular flexibility index (Phi) is 2.83. The quantitative estimate of drug-likeness (QED) is 0.797. The van der Waals surface area contributed by atoms with E-state index in [0.29, 0.717) is 0 Å². The SMILES string of the molecule is Cc1cnc([C@H](N)Cc2ccccc2)[nH]1. The number of aromatic nitrogens is 2. The van der Waals surface area contributed by atoms with Crippen LogP contribution in [-0.4, -0.2) is 9.97 Å². The molecule has 0 amide bonds. The van der Waals surface area contributed by atoms with Gasteiger partial charge in [0.25, 0.3) is 0 Å². The second kappa shape index (κ2) is 4.28. The van der Waals surface area contributed by atoms with Crippen molar-refractivity contribution in [2.75, 3.05) is 0 Å². The molecular formula is C12H15N3. The Hall–Kier alpha value is -1.61. The number of nitrogens with one attached hydrogen (secondary N) is 1. The molecule has 15 heavy (non-hydrogen) atoms. The first-order valence-corrected chi connectivity index (χ1v) is 5.06. The van der Waals surface area contributed by atoms with E-state index in [0.717, 1.165) is 17.9 Å². The van der Waals surface area contributed by atoms with Gasteiger partial charge in [-0.3, -0.25) is 0 Å². The van der Waals surface area contributed by atoms with Crippen LogP contribution >= 0.6 is 0 Å². The minimum atomic E-state index is -0.0545. The van der Waals surface area contributed by atoms with Crippen LogP contribution in [-0.2, 0) is 6.42 Å². The monoisotopic (exact) mass is 201 g/mol. The van der Waals surface area contributed by atoms with Gasteiger partial charge in [-0.25, -0.2) is 4.98 Å². The molecule has 78 valence electrons. The topological polar surface area (TPSA) is 54.7 Å². The third-order valence-corrected chi connectivity index (χ3v) is 2.37. The molecule has 1 aromatic heterocycles. The van der Waals surface area contributed by atoms with E-state index < -0.39 is 0 Å². The third-order valence-electron chi connectivity index (χ3n) is 2.37. The highest BCUT2D eigenvalue weighted by Gasteiger charge is 2.09. The van der Waals surface area contributed by atoms with Crippen molar-refractivity contribution in [3.63, 3.8) is 0 Å². The molecule has 3 nitrogen and oxygen atoms in total. The first-order chi connectivity index (χ1) is 7.25. The average Bonchev–Trinajstić information content (AvgIpc) is 2.66. The fourth-order valence-electron chi connectivity index (χ4n) is 1.59. The fraction of sp³-hybridized carbons (Fsp3) is 0.250. The van der Waals surface area contributed by atoms with E-state index in [4.69, 9.17) is 5.73 Å². The minimum Gasteiger partial charge on any atom is -0.345 e. The maximum absolute atomic E-state index is 6.05. The van der Waals surface area contributed by atoms with E-state index in [1.807, 2.05) is 25.1 Å². The summed E-state index contributed by atoms with van der Waals surface area (Å²) >= 11 is 0. The molecule has 0 aliphatic rings. The molecule has 0 radical (unpaired) electrons. The summed E-state index contributed by atoms with van der Waals surface area (Å²) in [6.45, 7) is 1.98. The molecule has 0 bridgehead atoms. The number of hydrogen-bond acceptors (Lipinski definition) is 2. The summed E-state index contributed by atoms with van der Waals surface area (Å²) in [6, 6.07) is 10.2. The van der Waals surface area contributed by atoms with Crippen molar-refractivity contribution in [1.82, 2.24) is 9.97 Å². The number of hydrogen-bond donors (Lipinski definition) is 2. The second-order valence-electron chi connectivity index (χ2n) is 3.75. The molecule has 2 aromatic rings. The summed E-state index contributed by atoms with van der Waals surface area (Å²) in [6.07, 6.45) is 2.62. The Morgan fingerprint density at radius 1 is 1.33 bits per heavy atom. The van der Waals surface area contributed by atoms with Crippen molar-refractivity contribution in [2.24, 2.45) is 5.73 Å². The van der Waals surface area contributed by atoms with E-state index in [9.17, 15) is 0 Å². The predicted octanol–water partition coefficient (Wildman–Crippen LogP) is 1.96. The highest BCUT2D eigenvalue weighted by molar-refractivity contribution is 5.17. The second-order valence-corrected chi connectivity index (χ2v) is 3.75. The van der Waals surface area contributed by atoms with E-state index in [-0.39, 0.29) is 6.04 Å². The van der Waals surface area contributed by atoms with Crippen LogP contribution in [0.15, 0.2) is 36.5 Å². The maximum atomic E-state index is 6.05. The summed E-state index contributed by atoms with van der Waals surface area (Å²) in [5, 5.41) is 0. The Morgan fingerprint density at radius 3 is 2.67 bits per heavy atom. The lowest BCUT2D eigenvalue weighted by Crippen LogP contribution is -2.14. The van der Waals surface area contributed by atoms with E-state index in [1.165, 1.54) is 5.56 Å². The van der Waals surface area contributed by atoms with Gasteiger partial charge in [-0.1, -0.05) is 30.3 Å². The van der Waals surface area contributed by atoms with Gasteiger partial charge in [0.15, 0.2) is 0 Å². The largest absolute Gasteiger partial charge is 0.345 e. The average molecular weight is 201 g/mol. The summed E-state index contributed by atoms with van der Waals surface area (Å²) in [5.74, 6) is 0.858. The van der Waals surface area contributed by atoms with Gasteiger partial charge in [-0.05, 0) is 18.9 Å². The first-order valence-electron chi connectivity index (χ1n) is 5.06. The molecule has 3 heteroatoms. The number of aromatic amines is 1. The highest BCUT2D eigenvalue weighted by Crippen LogP contribution is 2.12. The molecule has 0 saturated heterocycles. The summed E-state index contributed by atoms with van der Waals surface area (Å²) in [5.41, 5.74) is 8.33. The van der Waals surface area contributed by atoms with Crippen molar-refractivity contribution < 1.29 is 0 Å². The Bertz CT molecular complexity index is 419. The maximum Gasteiger partial charge on any atom is 0.123 e. The van der Waals surface area contributed by atoms with Gasteiger partial charge in [0.2, 0.25) is 0 Å². The molecular weight excluding hydrogens is 186 g/mol. The van der Waals surface area contributed by atoms with Crippen molar-refractivity contribution in [2.45, 2.75) is 19.4 Å². The lowest BCUT2D eigenvalue weighted by molar-refractivity contribution is 0.676. The van der Waals surface area contributed by atoms with Gasteiger partial charge in [0, 0.05) is 11.9 Å². The first kappa shape index (κ1) is 9.93. The lowest BCUT2D eigenvalue weighted by Gasteiger charge is -2.08. The summed E-state index contributed by atoms with van der Waals surface area (Å²) < 4.78 is 0. The minimum absolute atomic E-state index is 0.0545. The van der Waals surface area contributed by atoms with Crippen LogP contribution in [0.25, 0.3) is 0 Å². The number of benzene rings is 1. The number of nitrogens with zero attached hydrogens (tertiary/aromatic N) is 1. The zero-order valence-corrected chi connectivity index (χ0v) is 8.77. The Labute approximate surface area is 89.4 Å². The number of nitrogens with two attached hydrogens (primary N) is 1. The molecule has 2 rings (SSSR count). The van der Waals surface area contributed by atoms with Crippen LogP contribution in [0.4, 0.5) is 0 Å². The molecule has 0 aliphatic heterocycles. The van der Waals surface area contributed by atoms with Gasteiger partial charge in [-0.2, -0.15) is 0 Å². The summed E-state index contributed by atoms with van der Waals surface area (Å²) in [4.78, 5) is 7.39.